The van der Waals surface area contributed by atoms with Crippen molar-refractivity contribution in [1.82, 2.24) is 14.3 Å². The van der Waals surface area contributed by atoms with E-state index in [9.17, 15) is 4.79 Å². The van der Waals surface area contributed by atoms with Gasteiger partial charge in [-0.25, -0.2) is 9.48 Å². The third-order valence-electron chi connectivity index (χ3n) is 2.22. The molecule has 2 aromatic rings. The second-order valence-electron chi connectivity index (χ2n) is 3.42. The maximum Gasteiger partial charge on any atom is 0.345 e. The summed E-state index contributed by atoms with van der Waals surface area (Å²) in [5.74, 6) is 0. The molecule has 0 aliphatic carbocycles. The molecule has 0 radical (unpaired) electrons. The van der Waals surface area contributed by atoms with E-state index in [1.54, 1.807) is 13.1 Å². The normalized spacial score (nSPS) is 10.7. The van der Waals surface area contributed by atoms with Gasteiger partial charge in [0.1, 0.15) is 6.33 Å². The number of hydrogen-bond acceptors (Lipinski definition) is 2. The predicted octanol–water partition coefficient (Wildman–Crippen LogP) is 2.05. The summed E-state index contributed by atoms with van der Waals surface area (Å²) in [6, 6.07) is 5.55. The van der Waals surface area contributed by atoms with E-state index in [1.165, 1.54) is 15.6 Å². The Hall–Kier alpha value is -1.07. The van der Waals surface area contributed by atoms with Gasteiger partial charge in [-0.1, -0.05) is 33.6 Å². The Morgan fingerprint density at radius 3 is 2.81 bits per heavy atom. The Bertz CT molecular complexity index is 576. The summed E-state index contributed by atoms with van der Waals surface area (Å²) in [4.78, 5) is 11.6. The highest BCUT2D eigenvalue weighted by Gasteiger charge is 2.06. The van der Waals surface area contributed by atoms with Crippen LogP contribution in [0.25, 0.3) is 0 Å². The Morgan fingerprint density at radius 2 is 2.25 bits per heavy atom. The van der Waals surface area contributed by atoms with E-state index < -0.39 is 0 Å². The summed E-state index contributed by atoms with van der Waals surface area (Å²) in [7, 11) is 1.66. The highest BCUT2D eigenvalue weighted by Crippen LogP contribution is 2.21. The minimum atomic E-state index is -0.154. The third kappa shape index (κ3) is 2.20. The van der Waals surface area contributed by atoms with Gasteiger partial charge < -0.3 is 0 Å². The Kier molecular flexibility index (Phi) is 3.16. The van der Waals surface area contributed by atoms with Crippen molar-refractivity contribution in [3.63, 3.8) is 0 Å². The number of rotatable bonds is 2. The van der Waals surface area contributed by atoms with Crippen LogP contribution in [0, 0.1) is 0 Å². The van der Waals surface area contributed by atoms with E-state index in [2.05, 4.69) is 21.0 Å². The summed E-state index contributed by atoms with van der Waals surface area (Å²) in [5, 5.41) is 4.59. The van der Waals surface area contributed by atoms with Gasteiger partial charge in [0, 0.05) is 16.5 Å². The molecule has 0 bridgehead atoms. The van der Waals surface area contributed by atoms with E-state index >= 15 is 0 Å². The summed E-state index contributed by atoms with van der Waals surface area (Å²) in [6.07, 6.45) is 1.48. The van der Waals surface area contributed by atoms with Crippen molar-refractivity contribution in [2.45, 2.75) is 6.54 Å². The number of hydrogen-bond donors (Lipinski definition) is 0. The summed E-state index contributed by atoms with van der Waals surface area (Å²) in [5.41, 5.74) is 0.713. The molecular formula is C10H9BrClN3O. The lowest BCUT2D eigenvalue weighted by Crippen LogP contribution is -2.23. The smallest absolute Gasteiger partial charge is 0.285 e. The van der Waals surface area contributed by atoms with Crippen LogP contribution in [0.5, 0.6) is 0 Å². The summed E-state index contributed by atoms with van der Waals surface area (Å²) in [6.45, 7) is 0.381. The Balaban J connectivity index is 2.34. The largest absolute Gasteiger partial charge is 0.345 e. The molecule has 1 aromatic carbocycles. The highest BCUT2D eigenvalue weighted by atomic mass is 79.9. The van der Waals surface area contributed by atoms with E-state index in [-0.39, 0.29) is 5.69 Å². The molecule has 0 atom stereocenters. The molecule has 0 fully saturated rings. The SMILES string of the molecule is Cn1cnn(Cc2ccc(Br)cc2Cl)c1=O. The lowest BCUT2D eigenvalue weighted by molar-refractivity contribution is 0.647. The minimum absolute atomic E-state index is 0.154. The van der Waals surface area contributed by atoms with Crippen LogP contribution in [-0.2, 0) is 13.6 Å². The molecule has 2 rings (SSSR count). The lowest BCUT2D eigenvalue weighted by atomic mass is 10.2. The van der Waals surface area contributed by atoms with Crippen LogP contribution in [0.15, 0.2) is 33.8 Å². The summed E-state index contributed by atoms with van der Waals surface area (Å²) < 4.78 is 3.71. The summed E-state index contributed by atoms with van der Waals surface area (Å²) >= 11 is 9.39. The Morgan fingerprint density at radius 1 is 1.50 bits per heavy atom. The van der Waals surface area contributed by atoms with Crippen molar-refractivity contribution < 1.29 is 0 Å². The standard InChI is InChI=1S/C10H9BrClN3O/c1-14-6-13-15(10(14)16)5-7-2-3-8(11)4-9(7)12/h2-4,6H,5H2,1H3. The molecule has 0 spiro atoms. The molecule has 16 heavy (non-hydrogen) atoms. The van der Waals surface area contributed by atoms with Crippen LogP contribution in [0.2, 0.25) is 5.02 Å². The van der Waals surface area contributed by atoms with Crippen molar-refractivity contribution in [2.24, 2.45) is 7.05 Å². The van der Waals surface area contributed by atoms with Crippen molar-refractivity contribution in [1.29, 1.82) is 0 Å². The number of aryl methyl sites for hydroxylation is 1. The molecule has 6 heteroatoms. The van der Waals surface area contributed by atoms with E-state index in [0.29, 0.717) is 11.6 Å². The third-order valence-corrected chi connectivity index (χ3v) is 3.07. The van der Waals surface area contributed by atoms with Gasteiger partial charge in [-0.15, -0.1) is 0 Å². The number of nitrogens with zero attached hydrogens (tertiary/aromatic N) is 3. The predicted molar refractivity (Wildman–Crippen MR) is 65.7 cm³/mol. The van der Waals surface area contributed by atoms with Gasteiger partial charge in [0.05, 0.1) is 6.54 Å². The van der Waals surface area contributed by atoms with Crippen LogP contribution in [0.3, 0.4) is 0 Å². The van der Waals surface area contributed by atoms with E-state index in [4.69, 9.17) is 11.6 Å². The van der Waals surface area contributed by atoms with Crippen molar-refractivity contribution >= 4 is 27.5 Å². The maximum absolute atomic E-state index is 11.6. The van der Waals surface area contributed by atoms with E-state index in [1.807, 2.05) is 12.1 Å². The fourth-order valence-electron chi connectivity index (χ4n) is 1.34. The fourth-order valence-corrected chi connectivity index (χ4v) is 2.07. The van der Waals surface area contributed by atoms with Gasteiger partial charge >= 0.3 is 5.69 Å². The molecule has 0 aliphatic heterocycles. The first-order valence-electron chi connectivity index (χ1n) is 4.60. The fraction of sp³-hybridized carbons (Fsp3) is 0.200. The number of aromatic nitrogens is 3. The van der Waals surface area contributed by atoms with Gasteiger partial charge in [-0.05, 0) is 17.7 Å². The zero-order valence-electron chi connectivity index (χ0n) is 8.52. The molecular weight excluding hydrogens is 293 g/mol. The average Bonchev–Trinajstić information content (AvgIpc) is 2.54. The first kappa shape index (κ1) is 11.4. The number of benzene rings is 1. The zero-order valence-corrected chi connectivity index (χ0v) is 10.9. The van der Waals surface area contributed by atoms with Gasteiger partial charge in [0.15, 0.2) is 0 Å². The molecule has 0 aliphatic rings. The quantitative estimate of drug-likeness (QED) is 0.852. The second-order valence-corrected chi connectivity index (χ2v) is 4.74. The van der Waals surface area contributed by atoms with Gasteiger partial charge in [-0.3, -0.25) is 4.57 Å². The molecule has 84 valence electrons. The van der Waals surface area contributed by atoms with Crippen LogP contribution in [0.1, 0.15) is 5.56 Å². The van der Waals surface area contributed by atoms with Crippen LogP contribution < -0.4 is 5.69 Å². The van der Waals surface area contributed by atoms with E-state index in [0.717, 1.165) is 10.0 Å². The van der Waals surface area contributed by atoms with Crippen molar-refractivity contribution in [2.75, 3.05) is 0 Å². The molecule has 1 aromatic heterocycles. The monoisotopic (exact) mass is 301 g/mol. The Labute approximate surface area is 106 Å². The van der Waals surface area contributed by atoms with Crippen molar-refractivity contribution in [3.05, 3.63) is 50.1 Å². The molecule has 1 heterocycles. The molecule has 0 N–H and O–H groups in total. The van der Waals surface area contributed by atoms with Crippen molar-refractivity contribution in [3.8, 4) is 0 Å². The van der Waals surface area contributed by atoms with Crippen LogP contribution in [0.4, 0.5) is 0 Å². The van der Waals surface area contributed by atoms with Gasteiger partial charge in [-0.2, -0.15) is 5.10 Å². The highest BCUT2D eigenvalue weighted by molar-refractivity contribution is 9.10. The molecule has 4 nitrogen and oxygen atoms in total. The topological polar surface area (TPSA) is 39.8 Å². The van der Waals surface area contributed by atoms with Gasteiger partial charge in [0.2, 0.25) is 0 Å². The minimum Gasteiger partial charge on any atom is -0.285 e. The van der Waals surface area contributed by atoms with Crippen LogP contribution >= 0.6 is 27.5 Å². The lowest BCUT2D eigenvalue weighted by Gasteiger charge is -2.03. The first-order valence-corrected chi connectivity index (χ1v) is 5.77. The zero-order chi connectivity index (χ0) is 11.7. The first-order chi connectivity index (χ1) is 7.58. The molecule has 0 amide bonds. The molecule has 0 saturated carbocycles. The maximum atomic E-state index is 11.6. The average molecular weight is 303 g/mol. The number of halogens is 2. The van der Waals surface area contributed by atoms with Gasteiger partial charge in [0.25, 0.3) is 0 Å². The molecule has 0 saturated heterocycles. The van der Waals surface area contributed by atoms with Crippen LogP contribution in [-0.4, -0.2) is 14.3 Å². The second kappa shape index (κ2) is 4.43. The molecule has 0 unspecified atom stereocenters.